The zero-order valence-corrected chi connectivity index (χ0v) is 10.7. The largest absolute Gasteiger partial charge is 0.341 e. The second-order valence-corrected chi connectivity index (χ2v) is 4.50. The van der Waals surface area contributed by atoms with E-state index >= 15 is 0 Å². The summed E-state index contributed by atoms with van der Waals surface area (Å²) in [7, 11) is 0. The van der Waals surface area contributed by atoms with Crippen molar-refractivity contribution in [2.75, 3.05) is 6.54 Å². The first-order chi connectivity index (χ1) is 7.61. The minimum absolute atomic E-state index is 0.190. The second kappa shape index (κ2) is 4.62. The van der Waals surface area contributed by atoms with Gasteiger partial charge in [0.25, 0.3) is 0 Å². The Bertz CT molecular complexity index is 468. The summed E-state index contributed by atoms with van der Waals surface area (Å²) in [5, 5.41) is 4.37. The van der Waals surface area contributed by atoms with E-state index in [-0.39, 0.29) is 6.04 Å². The lowest BCUT2D eigenvalue weighted by Crippen LogP contribution is -2.18. The van der Waals surface area contributed by atoms with Crippen LogP contribution >= 0.6 is 23.2 Å². The van der Waals surface area contributed by atoms with Crippen molar-refractivity contribution >= 4 is 34.2 Å². The van der Waals surface area contributed by atoms with E-state index in [9.17, 15) is 0 Å². The molecule has 0 aliphatic carbocycles. The second-order valence-electron chi connectivity index (χ2n) is 3.68. The van der Waals surface area contributed by atoms with Crippen LogP contribution in [0.4, 0.5) is 0 Å². The van der Waals surface area contributed by atoms with Crippen molar-refractivity contribution in [2.24, 2.45) is 0 Å². The minimum atomic E-state index is 0.190. The van der Waals surface area contributed by atoms with Crippen LogP contribution in [-0.4, -0.2) is 16.5 Å². The normalized spacial score (nSPS) is 13.2. The molecule has 0 spiro atoms. The molecule has 2 N–H and O–H groups in total. The number of halogens is 2. The van der Waals surface area contributed by atoms with Crippen molar-refractivity contribution in [1.82, 2.24) is 15.3 Å². The number of hydrogen-bond acceptors (Lipinski definition) is 2. The summed E-state index contributed by atoms with van der Waals surface area (Å²) in [6.07, 6.45) is 0. The van der Waals surface area contributed by atoms with Crippen LogP contribution in [0.1, 0.15) is 25.7 Å². The van der Waals surface area contributed by atoms with E-state index in [0.717, 1.165) is 23.4 Å². The lowest BCUT2D eigenvalue weighted by Gasteiger charge is -2.07. The van der Waals surface area contributed by atoms with Gasteiger partial charge in [0, 0.05) is 0 Å². The molecule has 0 aliphatic heterocycles. The van der Waals surface area contributed by atoms with Gasteiger partial charge in [-0.15, -0.1) is 0 Å². The number of nitrogens with zero attached hydrogens (tertiary/aromatic N) is 1. The number of rotatable bonds is 3. The Balaban J connectivity index is 2.43. The topological polar surface area (TPSA) is 40.7 Å². The van der Waals surface area contributed by atoms with Gasteiger partial charge < -0.3 is 10.3 Å². The smallest absolute Gasteiger partial charge is 0.124 e. The number of imidazole rings is 1. The van der Waals surface area contributed by atoms with Crippen molar-refractivity contribution in [3.63, 3.8) is 0 Å². The van der Waals surface area contributed by atoms with Crippen molar-refractivity contribution in [1.29, 1.82) is 0 Å². The predicted molar refractivity (Wildman–Crippen MR) is 68.2 cm³/mol. The van der Waals surface area contributed by atoms with Gasteiger partial charge in [0.1, 0.15) is 5.82 Å². The highest BCUT2D eigenvalue weighted by Crippen LogP contribution is 2.27. The number of nitrogens with one attached hydrogen (secondary N) is 2. The van der Waals surface area contributed by atoms with Crippen LogP contribution in [0.2, 0.25) is 10.0 Å². The van der Waals surface area contributed by atoms with E-state index in [1.807, 2.05) is 0 Å². The fourth-order valence-electron chi connectivity index (χ4n) is 1.63. The lowest BCUT2D eigenvalue weighted by molar-refractivity contribution is 0.573. The van der Waals surface area contributed by atoms with Crippen LogP contribution < -0.4 is 5.32 Å². The fourth-order valence-corrected chi connectivity index (χ4v) is 1.95. The first-order valence-corrected chi connectivity index (χ1v) is 5.95. The average molecular weight is 258 g/mol. The van der Waals surface area contributed by atoms with E-state index in [0.29, 0.717) is 10.0 Å². The molecule has 2 aromatic rings. The maximum atomic E-state index is 5.94. The molecule has 1 heterocycles. The number of aromatic amines is 1. The standard InChI is InChI=1S/C11H13Cl2N3/c1-3-14-6(2)11-15-9-4-7(12)8(13)5-10(9)16-11/h4-6,14H,3H2,1-2H3,(H,15,16). The van der Waals surface area contributed by atoms with Crippen LogP contribution in [0.3, 0.4) is 0 Å². The molecule has 0 aliphatic rings. The Morgan fingerprint density at radius 3 is 2.75 bits per heavy atom. The van der Waals surface area contributed by atoms with E-state index in [1.54, 1.807) is 12.1 Å². The summed E-state index contributed by atoms with van der Waals surface area (Å²) >= 11 is 11.9. The molecule has 0 radical (unpaired) electrons. The zero-order valence-electron chi connectivity index (χ0n) is 9.14. The predicted octanol–water partition coefficient (Wildman–Crippen LogP) is 3.54. The fraction of sp³-hybridized carbons (Fsp3) is 0.364. The molecule has 3 nitrogen and oxygen atoms in total. The van der Waals surface area contributed by atoms with E-state index in [2.05, 4.69) is 29.1 Å². The molecule has 0 bridgehead atoms. The number of hydrogen-bond donors (Lipinski definition) is 2. The van der Waals surface area contributed by atoms with Crippen LogP contribution in [0, 0.1) is 0 Å². The quantitative estimate of drug-likeness (QED) is 0.883. The number of fused-ring (bicyclic) bond motifs is 1. The molecule has 1 aromatic carbocycles. The number of benzene rings is 1. The van der Waals surface area contributed by atoms with Crippen molar-refractivity contribution < 1.29 is 0 Å². The van der Waals surface area contributed by atoms with Crippen molar-refractivity contribution in [3.05, 3.63) is 28.0 Å². The first-order valence-electron chi connectivity index (χ1n) is 5.20. The third kappa shape index (κ3) is 2.17. The van der Waals surface area contributed by atoms with Gasteiger partial charge in [-0.3, -0.25) is 0 Å². The SMILES string of the molecule is CCNC(C)c1nc2cc(Cl)c(Cl)cc2[nH]1. The maximum absolute atomic E-state index is 5.94. The molecule has 0 saturated heterocycles. The summed E-state index contributed by atoms with van der Waals surface area (Å²) in [5.41, 5.74) is 1.75. The monoisotopic (exact) mass is 257 g/mol. The molecule has 16 heavy (non-hydrogen) atoms. The molecule has 0 fully saturated rings. The van der Waals surface area contributed by atoms with Crippen molar-refractivity contribution in [2.45, 2.75) is 19.9 Å². The third-order valence-electron chi connectivity index (χ3n) is 2.46. The van der Waals surface area contributed by atoms with Crippen LogP contribution in [0.15, 0.2) is 12.1 Å². The highest BCUT2D eigenvalue weighted by molar-refractivity contribution is 6.42. The van der Waals surface area contributed by atoms with Gasteiger partial charge >= 0.3 is 0 Å². The highest BCUT2D eigenvalue weighted by atomic mass is 35.5. The van der Waals surface area contributed by atoms with Crippen molar-refractivity contribution in [3.8, 4) is 0 Å². The molecular weight excluding hydrogens is 245 g/mol. The van der Waals surface area contributed by atoms with Gasteiger partial charge in [-0.25, -0.2) is 4.98 Å². The zero-order chi connectivity index (χ0) is 11.7. The average Bonchev–Trinajstić information content (AvgIpc) is 2.62. The summed E-state index contributed by atoms with van der Waals surface area (Å²) in [4.78, 5) is 7.70. The summed E-state index contributed by atoms with van der Waals surface area (Å²) in [5.74, 6) is 0.898. The van der Waals surface area contributed by atoms with E-state index in [1.165, 1.54) is 0 Å². The summed E-state index contributed by atoms with van der Waals surface area (Å²) in [6.45, 7) is 5.02. The van der Waals surface area contributed by atoms with Gasteiger partial charge in [-0.05, 0) is 25.6 Å². The van der Waals surface area contributed by atoms with Crippen LogP contribution in [0.25, 0.3) is 11.0 Å². The van der Waals surface area contributed by atoms with Gasteiger partial charge in [0.2, 0.25) is 0 Å². The Morgan fingerprint density at radius 1 is 1.38 bits per heavy atom. The Hall–Kier alpha value is -0.770. The molecule has 0 amide bonds. The van der Waals surface area contributed by atoms with Crippen LogP contribution in [0.5, 0.6) is 0 Å². The van der Waals surface area contributed by atoms with E-state index in [4.69, 9.17) is 23.2 Å². The molecule has 5 heteroatoms. The molecule has 1 aromatic heterocycles. The summed E-state index contributed by atoms with van der Waals surface area (Å²) in [6, 6.07) is 3.77. The van der Waals surface area contributed by atoms with Gasteiger partial charge in [-0.1, -0.05) is 30.1 Å². The van der Waals surface area contributed by atoms with Gasteiger partial charge in [-0.2, -0.15) is 0 Å². The highest BCUT2D eigenvalue weighted by Gasteiger charge is 2.10. The molecule has 0 saturated carbocycles. The Kier molecular flexibility index (Phi) is 3.38. The molecular formula is C11H13Cl2N3. The van der Waals surface area contributed by atoms with Gasteiger partial charge in [0.15, 0.2) is 0 Å². The first kappa shape index (κ1) is 11.7. The molecule has 1 atom stereocenters. The maximum Gasteiger partial charge on any atom is 0.124 e. The lowest BCUT2D eigenvalue weighted by atomic mass is 10.3. The molecule has 2 rings (SSSR count). The van der Waals surface area contributed by atoms with Crippen LogP contribution in [-0.2, 0) is 0 Å². The molecule has 1 unspecified atom stereocenters. The Morgan fingerprint density at radius 2 is 2.06 bits per heavy atom. The summed E-state index contributed by atoms with van der Waals surface area (Å²) < 4.78 is 0. The number of aromatic nitrogens is 2. The van der Waals surface area contributed by atoms with E-state index < -0.39 is 0 Å². The Labute approximate surface area is 104 Å². The molecule has 86 valence electrons. The minimum Gasteiger partial charge on any atom is -0.341 e. The number of H-pyrrole nitrogens is 1. The van der Waals surface area contributed by atoms with Gasteiger partial charge in [0.05, 0.1) is 27.1 Å². The third-order valence-corrected chi connectivity index (χ3v) is 3.18.